The van der Waals surface area contributed by atoms with Crippen molar-refractivity contribution >= 4 is 18.0 Å². The molecule has 4 rings (SSSR count). The molecule has 8 nitrogen and oxygen atoms in total. The highest BCUT2D eigenvalue weighted by Crippen LogP contribution is 2.24. The van der Waals surface area contributed by atoms with Gasteiger partial charge >= 0.3 is 6.09 Å². The number of rotatable bonds is 6. The van der Waals surface area contributed by atoms with Crippen molar-refractivity contribution in [2.75, 3.05) is 23.4 Å². The lowest BCUT2D eigenvalue weighted by Gasteiger charge is -2.16. The van der Waals surface area contributed by atoms with E-state index in [1.54, 1.807) is 0 Å². The van der Waals surface area contributed by atoms with E-state index in [2.05, 4.69) is 20.3 Å². The minimum atomic E-state index is -0.445. The van der Waals surface area contributed by atoms with Gasteiger partial charge in [-0.05, 0) is 36.8 Å². The Labute approximate surface area is 162 Å². The molecule has 1 fully saturated rings. The third-order valence-corrected chi connectivity index (χ3v) is 4.27. The van der Waals surface area contributed by atoms with Crippen molar-refractivity contribution in [3.8, 4) is 11.5 Å². The largest absolute Gasteiger partial charge is 0.457 e. The molecule has 0 spiro atoms. The van der Waals surface area contributed by atoms with Gasteiger partial charge in [0.25, 0.3) is 0 Å². The average molecular weight is 377 g/mol. The molecular formula is C20H19N5O3. The summed E-state index contributed by atoms with van der Waals surface area (Å²) in [5, 5.41) is 3.22. The molecule has 0 bridgehead atoms. The first-order valence-corrected chi connectivity index (χ1v) is 8.92. The zero-order chi connectivity index (χ0) is 19.3. The van der Waals surface area contributed by atoms with Crippen LogP contribution < -0.4 is 15.0 Å². The van der Waals surface area contributed by atoms with Crippen molar-refractivity contribution in [1.82, 2.24) is 15.0 Å². The number of cyclic esters (lactones) is 1. The number of amides is 1. The smallest absolute Gasteiger partial charge is 0.416 e. The van der Waals surface area contributed by atoms with E-state index in [4.69, 9.17) is 9.47 Å². The molecule has 3 aromatic rings. The summed E-state index contributed by atoms with van der Waals surface area (Å²) in [6, 6.07) is 17.4. The predicted molar refractivity (Wildman–Crippen MR) is 104 cm³/mol. The lowest BCUT2D eigenvalue weighted by Crippen LogP contribution is -2.26. The Hall–Kier alpha value is -3.68. The predicted octanol–water partition coefficient (Wildman–Crippen LogP) is 3.79. The van der Waals surface area contributed by atoms with E-state index in [9.17, 15) is 4.79 Å². The van der Waals surface area contributed by atoms with Gasteiger partial charge in [0.05, 0.1) is 12.6 Å². The maximum Gasteiger partial charge on any atom is 0.416 e. The first-order valence-electron chi connectivity index (χ1n) is 8.92. The van der Waals surface area contributed by atoms with Crippen LogP contribution in [0.4, 0.5) is 16.7 Å². The van der Waals surface area contributed by atoms with Gasteiger partial charge in [0.1, 0.15) is 24.4 Å². The number of nitrogens with zero attached hydrogens (tertiary/aromatic N) is 4. The number of hydrogen-bond donors (Lipinski definition) is 1. The maximum absolute atomic E-state index is 11.7. The third kappa shape index (κ3) is 4.01. The second kappa shape index (κ2) is 7.91. The van der Waals surface area contributed by atoms with Gasteiger partial charge in [0, 0.05) is 0 Å². The summed E-state index contributed by atoms with van der Waals surface area (Å²) in [6.45, 7) is 2.77. The Morgan fingerprint density at radius 2 is 1.82 bits per heavy atom. The van der Waals surface area contributed by atoms with Crippen LogP contribution in [0.1, 0.15) is 18.5 Å². The van der Waals surface area contributed by atoms with Crippen molar-refractivity contribution in [1.29, 1.82) is 0 Å². The van der Waals surface area contributed by atoms with Crippen molar-refractivity contribution < 1.29 is 14.3 Å². The zero-order valence-electron chi connectivity index (χ0n) is 15.3. The Morgan fingerprint density at radius 1 is 1.07 bits per heavy atom. The molecule has 1 aromatic heterocycles. The molecule has 0 unspecified atom stereocenters. The molecule has 28 heavy (non-hydrogen) atoms. The molecule has 142 valence electrons. The SMILES string of the molecule is C[C@H](Nc1ncnc(N2CCOC2=O)n1)c1ccc(Oc2ccccc2)cc1. The molecule has 2 heterocycles. The number of aromatic nitrogens is 3. The lowest BCUT2D eigenvalue weighted by molar-refractivity contribution is 0.181. The van der Waals surface area contributed by atoms with E-state index in [-0.39, 0.29) is 12.0 Å². The van der Waals surface area contributed by atoms with Crippen LogP contribution in [0.15, 0.2) is 60.9 Å². The molecular weight excluding hydrogens is 358 g/mol. The van der Waals surface area contributed by atoms with Crippen LogP contribution >= 0.6 is 0 Å². The summed E-state index contributed by atoms with van der Waals surface area (Å²) in [7, 11) is 0. The fourth-order valence-electron chi connectivity index (χ4n) is 2.79. The van der Waals surface area contributed by atoms with Crippen molar-refractivity contribution in [2.45, 2.75) is 13.0 Å². The molecule has 1 aliphatic heterocycles. The topological polar surface area (TPSA) is 89.5 Å². The molecule has 1 saturated heterocycles. The van der Waals surface area contributed by atoms with E-state index in [0.29, 0.717) is 19.1 Å². The van der Waals surface area contributed by atoms with Gasteiger partial charge in [-0.1, -0.05) is 30.3 Å². The Balaban J connectivity index is 1.42. The normalized spacial score (nSPS) is 14.5. The quantitative estimate of drug-likeness (QED) is 0.699. The maximum atomic E-state index is 11.7. The van der Waals surface area contributed by atoms with E-state index in [1.807, 2.05) is 61.5 Å². The number of para-hydroxylation sites is 1. The van der Waals surface area contributed by atoms with Gasteiger partial charge in [-0.3, -0.25) is 0 Å². The monoisotopic (exact) mass is 377 g/mol. The summed E-state index contributed by atoms with van der Waals surface area (Å²) in [6.07, 6.45) is 0.930. The van der Waals surface area contributed by atoms with Crippen LogP contribution in [-0.4, -0.2) is 34.2 Å². The average Bonchev–Trinajstić information content (AvgIpc) is 3.15. The highest BCUT2D eigenvalue weighted by atomic mass is 16.6. The van der Waals surface area contributed by atoms with E-state index in [1.165, 1.54) is 11.2 Å². The van der Waals surface area contributed by atoms with Gasteiger partial charge in [0.15, 0.2) is 0 Å². The summed E-state index contributed by atoms with van der Waals surface area (Å²) < 4.78 is 10.7. The summed E-state index contributed by atoms with van der Waals surface area (Å²) in [4.78, 5) is 25.5. The van der Waals surface area contributed by atoms with E-state index in [0.717, 1.165) is 17.1 Å². The van der Waals surface area contributed by atoms with Crippen LogP contribution in [0.2, 0.25) is 0 Å². The first-order chi connectivity index (χ1) is 13.7. The fourth-order valence-corrected chi connectivity index (χ4v) is 2.79. The van der Waals surface area contributed by atoms with Gasteiger partial charge in [-0.15, -0.1) is 0 Å². The number of carbonyl (C=O) groups is 1. The molecule has 1 amide bonds. The summed E-state index contributed by atoms with van der Waals surface area (Å²) in [5.41, 5.74) is 1.04. The number of carbonyl (C=O) groups excluding carboxylic acids is 1. The molecule has 2 aromatic carbocycles. The number of anilines is 2. The molecule has 0 saturated carbocycles. The summed E-state index contributed by atoms with van der Waals surface area (Å²) >= 11 is 0. The molecule has 1 aliphatic rings. The van der Waals surface area contributed by atoms with Gasteiger partial charge < -0.3 is 14.8 Å². The number of ether oxygens (including phenoxy) is 2. The number of nitrogens with one attached hydrogen (secondary N) is 1. The molecule has 0 aliphatic carbocycles. The molecule has 1 atom stereocenters. The minimum Gasteiger partial charge on any atom is -0.457 e. The van der Waals surface area contributed by atoms with Crippen LogP contribution in [0.5, 0.6) is 11.5 Å². The van der Waals surface area contributed by atoms with Crippen molar-refractivity contribution in [3.63, 3.8) is 0 Å². The molecule has 1 N–H and O–H groups in total. The second-order valence-electron chi connectivity index (χ2n) is 6.23. The lowest BCUT2D eigenvalue weighted by atomic mass is 10.1. The van der Waals surface area contributed by atoms with Crippen molar-refractivity contribution in [3.05, 3.63) is 66.5 Å². The van der Waals surface area contributed by atoms with E-state index >= 15 is 0 Å². The first kappa shape index (κ1) is 17.7. The molecule has 0 radical (unpaired) electrons. The Morgan fingerprint density at radius 3 is 2.54 bits per heavy atom. The number of hydrogen-bond acceptors (Lipinski definition) is 7. The Kier molecular flexibility index (Phi) is 5.01. The highest BCUT2D eigenvalue weighted by Gasteiger charge is 2.26. The van der Waals surface area contributed by atoms with Crippen LogP contribution in [-0.2, 0) is 4.74 Å². The fraction of sp³-hybridized carbons (Fsp3) is 0.200. The minimum absolute atomic E-state index is 0.0495. The third-order valence-electron chi connectivity index (χ3n) is 4.27. The van der Waals surface area contributed by atoms with Crippen LogP contribution in [0.3, 0.4) is 0 Å². The Bertz CT molecular complexity index is 950. The van der Waals surface area contributed by atoms with Gasteiger partial charge in [-0.25, -0.2) is 19.7 Å². The van der Waals surface area contributed by atoms with Crippen LogP contribution in [0.25, 0.3) is 0 Å². The molecule has 8 heteroatoms. The van der Waals surface area contributed by atoms with Gasteiger partial charge in [-0.2, -0.15) is 4.98 Å². The van der Waals surface area contributed by atoms with Crippen molar-refractivity contribution in [2.24, 2.45) is 0 Å². The standard InChI is InChI=1S/C20H19N5O3/c1-14(15-7-9-17(10-8-15)28-16-5-3-2-4-6-16)23-18-21-13-22-19(24-18)25-11-12-27-20(25)26/h2-10,13-14H,11-12H2,1H3,(H,21,22,23,24)/t14-/m0/s1. The summed E-state index contributed by atoms with van der Waals surface area (Å²) in [5.74, 6) is 2.22. The van der Waals surface area contributed by atoms with Gasteiger partial charge in [0.2, 0.25) is 11.9 Å². The van der Waals surface area contributed by atoms with Crippen LogP contribution in [0, 0.1) is 0 Å². The van der Waals surface area contributed by atoms with E-state index < -0.39 is 6.09 Å². The second-order valence-corrected chi connectivity index (χ2v) is 6.23. The number of benzene rings is 2. The zero-order valence-corrected chi connectivity index (χ0v) is 15.3. The highest BCUT2D eigenvalue weighted by molar-refractivity contribution is 5.87.